The van der Waals surface area contributed by atoms with E-state index in [0.29, 0.717) is 0 Å². The number of hydrogen-bond acceptors (Lipinski definition) is 4. The maximum absolute atomic E-state index is 13.8. The SMILES string of the molecule is O=C(Nc1ccn(Cc2c(F)cccc2Cl)n1)c1ccc(Cl)c([N+](=O)[O-])c1. The van der Waals surface area contributed by atoms with Crippen LogP contribution in [0.4, 0.5) is 15.9 Å². The van der Waals surface area contributed by atoms with Gasteiger partial charge in [0.05, 0.1) is 11.5 Å². The van der Waals surface area contributed by atoms with E-state index in [1.807, 2.05) is 0 Å². The van der Waals surface area contributed by atoms with E-state index < -0.39 is 16.6 Å². The van der Waals surface area contributed by atoms with E-state index >= 15 is 0 Å². The largest absolute Gasteiger partial charge is 0.305 e. The predicted molar refractivity (Wildman–Crippen MR) is 98.8 cm³/mol. The molecule has 0 saturated carbocycles. The van der Waals surface area contributed by atoms with E-state index in [4.69, 9.17) is 23.2 Å². The van der Waals surface area contributed by atoms with E-state index in [0.717, 1.165) is 6.07 Å². The number of carbonyl (C=O) groups is 1. The van der Waals surface area contributed by atoms with Gasteiger partial charge in [0, 0.05) is 34.5 Å². The average molecular weight is 409 g/mol. The van der Waals surface area contributed by atoms with Crippen molar-refractivity contribution in [3.05, 3.63) is 85.8 Å². The summed E-state index contributed by atoms with van der Waals surface area (Å²) in [5.41, 5.74) is -0.0460. The topological polar surface area (TPSA) is 90.1 Å². The van der Waals surface area contributed by atoms with Crippen LogP contribution in [0, 0.1) is 15.9 Å². The minimum absolute atomic E-state index is 0.0535. The fourth-order valence-corrected chi connectivity index (χ4v) is 2.75. The number of nitrogens with zero attached hydrogens (tertiary/aromatic N) is 3. The molecule has 1 heterocycles. The van der Waals surface area contributed by atoms with Crippen molar-refractivity contribution in [3.63, 3.8) is 0 Å². The molecule has 27 heavy (non-hydrogen) atoms. The van der Waals surface area contributed by atoms with Gasteiger partial charge in [-0.05, 0) is 24.3 Å². The summed E-state index contributed by atoms with van der Waals surface area (Å²) < 4.78 is 15.3. The van der Waals surface area contributed by atoms with Crippen LogP contribution in [0.5, 0.6) is 0 Å². The highest BCUT2D eigenvalue weighted by molar-refractivity contribution is 6.32. The van der Waals surface area contributed by atoms with Crippen LogP contribution in [0.1, 0.15) is 15.9 Å². The standard InChI is InChI=1S/C17H11Cl2FN4O3/c18-12-2-1-3-14(20)11(12)9-23-7-6-16(22-23)21-17(25)10-4-5-13(19)15(8-10)24(26)27/h1-8H,9H2,(H,21,22,25). The van der Waals surface area contributed by atoms with Gasteiger partial charge in [0.15, 0.2) is 5.82 Å². The number of hydrogen-bond donors (Lipinski definition) is 1. The first-order chi connectivity index (χ1) is 12.8. The summed E-state index contributed by atoms with van der Waals surface area (Å²) >= 11 is 11.7. The first-order valence-corrected chi connectivity index (χ1v) is 8.32. The van der Waals surface area contributed by atoms with Crippen molar-refractivity contribution in [3.8, 4) is 0 Å². The number of aromatic nitrogens is 2. The molecule has 3 aromatic rings. The Labute approximate surface area is 162 Å². The third-order valence-corrected chi connectivity index (χ3v) is 4.34. The molecule has 138 valence electrons. The van der Waals surface area contributed by atoms with Crippen molar-refractivity contribution >= 4 is 40.6 Å². The molecule has 0 fully saturated rings. The summed E-state index contributed by atoms with van der Waals surface area (Å²) in [5, 5.41) is 17.8. The quantitative estimate of drug-likeness (QED) is 0.495. The zero-order valence-electron chi connectivity index (χ0n) is 13.5. The summed E-state index contributed by atoms with van der Waals surface area (Å²) in [6.45, 7) is 0.0772. The number of rotatable bonds is 5. The van der Waals surface area contributed by atoms with Gasteiger partial charge in [-0.1, -0.05) is 29.3 Å². The van der Waals surface area contributed by atoms with Crippen LogP contribution in [0.2, 0.25) is 10.0 Å². The van der Waals surface area contributed by atoms with Crippen LogP contribution in [-0.4, -0.2) is 20.6 Å². The zero-order chi connectivity index (χ0) is 19.6. The molecule has 0 spiro atoms. The molecule has 0 aliphatic carbocycles. The summed E-state index contributed by atoms with van der Waals surface area (Å²) in [4.78, 5) is 22.5. The Morgan fingerprint density at radius 3 is 2.70 bits per heavy atom. The molecule has 0 unspecified atom stereocenters. The second-order valence-corrected chi connectivity index (χ2v) is 6.29. The molecule has 0 atom stereocenters. The molecular formula is C17H11Cl2FN4O3. The third-order valence-electron chi connectivity index (χ3n) is 3.67. The second-order valence-electron chi connectivity index (χ2n) is 5.48. The van der Waals surface area contributed by atoms with E-state index in [1.54, 1.807) is 12.3 Å². The molecule has 0 bridgehead atoms. The van der Waals surface area contributed by atoms with Crippen molar-refractivity contribution in [2.24, 2.45) is 0 Å². The van der Waals surface area contributed by atoms with Gasteiger partial charge in [-0.25, -0.2) is 4.39 Å². The average Bonchev–Trinajstić information content (AvgIpc) is 3.05. The number of benzene rings is 2. The van der Waals surface area contributed by atoms with Crippen LogP contribution in [0.15, 0.2) is 48.7 Å². The number of anilines is 1. The first-order valence-electron chi connectivity index (χ1n) is 7.57. The van der Waals surface area contributed by atoms with Crippen molar-refractivity contribution in [1.82, 2.24) is 9.78 Å². The Bertz CT molecular complexity index is 1020. The van der Waals surface area contributed by atoms with Gasteiger partial charge in [0.25, 0.3) is 11.6 Å². The van der Waals surface area contributed by atoms with E-state index in [9.17, 15) is 19.3 Å². The van der Waals surface area contributed by atoms with Gasteiger partial charge in [-0.15, -0.1) is 0 Å². The van der Waals surface area contributed by atoms with Gasteiger partial charge in [0.2, 0.25) is 0 Å². The molecule has 0 saturated heterocycles. The first kappa shape index (κ1) is 18.8. The zero-order valence-corrected chi connectivity index (χ0v) is 15.0. The molecule has 0 aliphatic rings. The fourth-order valence-electron chi connectivity index (χ4n) is 2.34. The lowest BCUT2D eigenvalue weighted by Crippen LogP contribution is -2.13. The molecule has 2 aromatic carbocycles. The highest BCUT2D eigenvalue weighted by Crippen LogP contribution is 2.25. The van der Waals surface area contributed by atoms with Crippen LogP contribution >= 0.6 is 23.2 Å². The molecule has 1 aromatic heterocycles. The number of carbonyl (C=O) groups excluding carboxylic acids is 1. The second kappa shape index (κ2) is 7.73. The molecule has 10 heteroatoms. The maximum atomic E-state index is 13.8. The van der Waals surface area contributed by atoms with Gasteiger partial charge in [-0.2, -0.15) is 5.10 Å². The predicted octanol–water partition coefficient (Wildman–Crippen LogP) is 4.54. The van der Waals surface area contributed by atoms with Crippen LogP contribution < -0.4 is 5.32 Å². The Morgan fingerprint density at radius 1 is 1.22 bits per heavy atom. The van der Waals surface area contributed by atoms with Crippen molar-refractivity contribution in [1.29, 1.82) is 0 Å². The smallest absolute Gasteiger partial charge is 0.288 e. The van der Waals surface area contributed by atoms with Crippen molar-refractivity contribution < 1.29 is 14.1 Å². The van der Waals surface area contributed by atoms with Gasteiger partial charge < -0.3 is 5.32 Å². The van der Waals surface area contributed by atoms with Gasteiger partial charge in [0.1, 0.15) is 10.8 Å². The number of halogens is 3. The maximum Gasteiger partial charge on any atom is 0.288 e. The Kier molecular flexibility index (Phi) is 5.38. The lowest BCUT2D eigenvalue weighted by molar-refractivity contribution is -0.384. The Balaban J connectivity index is 1.75. The van der Waals surface area contributed by atoms with E-state index in [-0.39, 0.29) is 39.2 Å². The minimum atomic E-state index is -0.675. The lowest BCUT2D eigenvalue weighted by atomic mass is 10.2. The minimum Gasteiger partial charge on any atom is -0.305 e. The van der Waals surface area contributed by atoms with Crippen LogP contribution in [0.3, 0.4) is 0 Å². The molecule has 1 amide bonds. The molecule has 1 N–H and O–H groups in total. The monoisotopic (exact) mass is 408 g/mol. The normalized spacial score (nSPS) is 10.6. The Morgan fingerprint density at radius 2 is 2.00 bits per heavy atom. The number of nitrogens with one attached hydrogen (secondary N) is 1. The Hall–Kier alpha value is -2.97. The van der Waals surface area contributed by atoms with Crippen LogP contribution in [-0.2, 0) is 6.54 Å². The van der Waals surface area contributed by atoms with E-state index in [2.05, 4.69) is 10.4 Å². The van der Waals surface area contributed by atoms with E-state index in [1.165, 1.54) is 35.0 Å². The summed E-state index contributed by atoms with van der Waals surface area (Å²) in [5.74, 6) is -0.855. The lowest BCUT2D eigenvalue weighted by Gasteiger charge is -2.06. The van der Waals surface area contributed by atoms with Crippen molar-refractivity contribution in [2.75, 3.05) is 5.32 Å². The summed E-state index contributed by atoms with van der Waals surface area (Å²) in [6.07, 6.45) is 1.54. The molecule has 0 radical (unpaired) electrons. The number of nitro benzene ring substituents is 1. The van der Waals surface area contributed by atoms with Crippen molar-refractivity contribution in [2.45, 2.75) is 6.54 Å². The molecule has 7 nitrogen and oxygen atoms in total. The third kappa shape index (κ3) is 4.24. The summed E-state index contributed by atoms with van der Waals surface area (Å²) in [7, 11) is 0. The number of amides is 1. The molecular weight excluding hydrogens is 398 g/mol. The van der Waals surface area contributed by atoms with Gasteiger partial charge >= 0.3 is 0 Å². The number of nitro groups is 1. The highest BCUT2D eigenvalue weighted by atomic mass is 35.5. The van der Waals surface area contributed by atoms with Gasteiger partial charge in [-0.3, -0.25) is 19.6 Å². The highest BCUT2D eigenvalue weighted by Gasteiger charge is 2.17. The molecule has 3 rings (SSSR count). The molecule has 0 aliphatic heterocycles. The summed E-state index contributed by atoms with van der Waals surface area (Å²) in [6, 6.07) is 9.58. The fraction of sp³-hybridized carbons (Fsp3) is 0.0588. The van der Waals surface area contributed by atoms with Crippen LogP contribution in [0.25, 0.3) is 0 Å².